The van der Waals surface area contributed by atoms with Crippen LogP contribution < -0.4 is 5.32 Å². The number of allylic oxidation sites excluding steroid dienone is 1. The SMILES string of the molecule is CC1=C(C(=O)O)[C@@H](c2ccc(F)c(F)c2)N(C)C(=O)N1. The van der Waals surface area contributed by atoms with Gasteiger partial charge in [-0.05, 0) is 24.6 Å². The van der Waals surface area contributed by atoms with Crippen molar-refractivity contribution in [3.63, 3.8) is 0 Å². The number of likely N-dealkylation sites (N-methyl/N-ethyl adjacent to an activating group) is 1. The number of hydrogen-bond donors (Lipinski definition) is 2. The Bertz CT molecular complexity index is 628. The average molecular weight is 282 g/mol. The van der Waals surface area contributed by atoms with Crippen LogP contribution >= 0.6 is 0 Å². The van der Waals surface area contributed by atoms with Crippen LogP contribution in [0.25, 0.3) is 0 Å². The number of carboxylic acids is 1. The van der Waals surface area contributed by atoms with Crippen LogP contribution in [0.5, 0.6) is 0 Å². The molecule has 2 rings (SSSR count). The summed E-state index contributed by atoms with van der Waals surface area (Å²) in [6.07, 6.45) is 0. The summed E-state index contributed by atoms with van der Waals surface area (Å²) in [6.45, 7) is 1.45. The van der Waals surface area contributed by atoms with Crippen LogP contribution in [0, 0.1) is 11.6 Å². The number of aliphatic carboxylic acids is 1. The van der Waals surface area contributed by atoms with Gasteiger partial charge in [0, 0.05) is 12.7 Å². The van der Waals surface area contributed by atoms with Crippen LogP contribution in [-0.4, -0.2) is 29.1 Å². The molecule has 0 bridgehead atoms. The van der Waals surface area contributed by atoms with E-state index in [0.717, 1.165) is 17.0 Å². The van der Waals surface area contributed by atoms with E-state index in [1.54, 1.807) is 0 Å². The molecule has 0 fully saturated rings. The van der Waals surface area contributed by atoms with Crippen LogP contribution in [0.15, 0.2) is 29.5 Å². The van der Waals surface area contributed by atoms with Gasteiger partial charge >= 0.3 is 12.0 Å². The number of benzene rings is 1. The molecular formula is C13H12F2N2O3. The largest absolute Gasteiger partial charge is 0.478 e. The molecule has 0 saturated carbocycles. The lowest BCUT2D eigenvalue weighted by atomic mass is 9.94. The van der Waals surface area contributed by atoms with Gasteiger partial charge in [0.15, 0.2) is 11.6 Å². The third kappa shape index (κ3) is 2.22. The maximum absolute atomic E-state index is 13.3. The fraction of sp³-hybridized carbons (Fsp3) is 0.231. The number of carboxylic acid groups (broad SMARTS) is 1. The first-order chi connectivity index (χ1) is 9.32. The van der Waals surface area contributed by atoms with Crippen LogP contribution in [0.2, 0.25) is 0 Å². The quantitative estimate of drug-likeness (QED) is 0.872. The van der Waals surface area contributed by atoms with Crippen LogP contribution in [-0.2, 0) is 4.79 Å². The summed E-state index contributed by atoms with van der Waals surface area (Å²) in [4.78, 5) is 24.2. The standard InChI is InChI=1S/C13H12F2N2O3/c1-6-10(12(18)19)11(17(2)13(20)16-6)7-3-4-8(14)9(15)5-7/h3-5,11H,1-2H3,(H,16,20)(H,18,19)/t11-/m1/s1. The minimum Gasteiger partial charge on any atom is -0.478 e. The Balaban J connectivity index is 2.60. The van der Waals surface area contributed by atoms with Crippen molar-refractivity contribution in [1.29, 1.82) is 0 Å². The molecule has 0 aliphatic carbocycles. The summed E-state index contributed by atoms with van der Waals surface area (Å²) in [5, 5.41) is 11.7. The number of rotatable bonds is 2. The highest BCUT2D eigenvalue weighted by Gasteiger charge is 2.35. The maximum atomic E-state index is 13.3. The fourth-order valence-corrected chi connectivity index (χ4v) is 2.18. The van der Waals surface area contributed by atoms with Crippen molar-refractivity contribution >= 4 is 12.0 Å². The number of amides is 2. The van der Waals surface area contributed by atoms with Gasteiger partial charge in [0.2, 0.25) is 0 Å². The van der Waals surface area contributed by atoms with Crippen molar-refractivity contribution in [3.05, 3.63) is 46.7 Å². The second kappa shape index (κ2) is 4.92. The van der Waals surface area contributed by atoms with E-state index in [4.69, 9.17) is 0 Å². The highest BCUT2D eigenvalue weighted by Crippen LogP contribution is 2.33. The molecule has 7 heteroatoms. The smallest absolute Gasteiger partial charge is 0.335 e. The summed E-state index contributed by atoms with van der Waals surface area (Å²) >= 11 is 0. The van der Waals surface area contributed by atoms with Crippen molar-refractivity contribution in [3.8, 4) is 0 Å². The van der Waals surface area contributed by atoms with Gasteiger partial charge in [-0.3, -0.25) is 0 Å². The van der Waals surface area contributed by atoms with Gasteiger partial charge in [0.25, 0.3) is 0 Å². The molecular weight excluding hydrogens is 270 g/mol. The Kier molecular flexibility index (Phi) is 3.44. The van der Waals surface area contributed by atoms with Gasteiger partial charge < -0.3 is 15.3 Å². The Morgan fingerprint density at radius 2 is 2.00 bits per heavy atom. The normalized spacial score (nSPS) is 19.1. The van der Waals surface area contributed by atoms with Gasteiger partial charge in [0.1, 0.15) is 0 Å². The second-order valence-corrected chi connectivity index (χ2v) is 4.46. The first kappa shape index (κ1) is 14.0. The topological polar surface area (TPSA) is 69.6 Å². The molecule has 5 nitrogen and oxygen atoms in total. The Morgan fingerprint density at radius 3 is 2.55 bits per heavy atom. The molecule has 1 aliphatic rings. The van der Waals surface area contributed by atoms with E-state index in [1.165, 1.54) is 20.0 Å². The van der Waals surface area contributed by atoms with Crippen LogP contribution in [0.1, 0.15) is 18.5 Å². The van der Waals surface area contributed by atoms with E-state index in [-0.39, 0.29) is 16.8 Å². The summed E-state index contributed by atoms with van der Waals surface area (Å²) in [7, 11) is 1.39. The summed E-state index contributed by atoms with van der Waals surface area (Å²) in [5.41, 5.74) is 0.284. The maximum Gasteiger partial charge on any atom is 0.335 e. The van der Waals surface area contributed by atoms with Gasteiger partial charge in [-0.15, -0.1) is 0 Å². The lowest BCUT2D eigenvalue weighted by Gasteiger charge is -2.34. The minimum absolute atomic E-state index is 0.0851. The van der Waals surface area contributed by atoms with Gasteiger partial charge in [-0.2, -0.15) is 0 Å². The predicted molar refractivity (Wildman–Crippen MR) is 65.7 cm³/mol. The molecule has 1 aliphatic heterocycles. The first-order valence-electron chi connectivity index (χ1n) is 5.75. The molecule has 0 unspecified atom stereocenters. The zero-order valence-electron chi connectivity index (χ0n) is 10.8. The average Bonchev–Trinajstić information content (AvgIpc) is 2.36. The van der Waals surface area contributed by atoms with Gasteiger partial charge in [-0.25, -0.2) is 18.4 Å². The second-order valence-electron chi connectivity index (χ2n) is 4.46. The highest BCUT2D eigenvalue weighted by atomic mass is 19.2. The molecule has 1 aromatic rings. The van der Waals surface area contributed by atoms with E-state index in [0.29, 0.717) is 0 Å². The van der Waals surface area contributed by atoms with Gasteiger partial charge in [0.05, 0.1) is 11.6 Å². The molecule has 106 valence electrons. The molecule has 2 amide bonds. The van der Waals surface area contributed by atoms with E-state index in [1.807, 2.05) is 0 Å². The lowest BCUT2D eigenvalue weighted by Crippen LogP contribution is -2.46. The number of urea groups is 1. The van der Waals surface area contributed by atoms with Crippen molar-refractivity contribution in [1.82, 2.24) is 10.2 Å². The number of nitrogens with zero attached hydrogens (tertiary/aromatic N) is 1. The summed E-state index contributed by atoms with van der Waals surface area (Å²) in [5.74, 6) is -3.36. The zero-order valence-corrected chi connectivity index (χ0v) is 10.8. The highest BCUT2D eigenvalue weighted by molar-refractivity contribution is 5.93. The Hall–Kier alpha value is -2.44. The molecule has 1 atom stereocenters. The van der Waals surface area contributed by atoms with E-state index < -0.39 is 29.7 Å². The molecule has 0 spiro atoms. The predicted octanol–water partition coefficient (Wildman–Crippen LogP) is 2.02. The van der Waals surface area contributed by atoms with Crippen LogP contribution in [0.4, 0.5) is 13.6 Å². The van der Waals surface area contributed by atoms with E-state index in [9.17, 15) is 23.5 Å². The Morgan fingerprint density at radius 1 is 1.35 bits per heavy atom. The van der Waals surface area contributed by atoms with Crippen molar-refractivity contribution in [2.45, 2.75) is 13.0 Å². The molecule has 0 saturated heterocycles. The van der Waals surface area contributed by atoms with Crippen LogP contribution in [0.3, 0.4) is 0 Å². The molecule has 1 aromatic carbocycles. The minimum atomic E-state index is -1.23. The monoisotopic (exact) mass is 282 g/mol. The number of nitrogens with one attached hydrogen (secondary N) is 1. The summed E-state index contributed by atoms with van der Waals surface area (Å²) < 4.78 is 26.3. The third-order valence-corrected chi connectivity index (χ3v) is 3.17. The van der Waals surface area contributed by atoms with Crippen molar-refractivity contribution < 1.29 is 23.5 Å². The molecule has 0 aromatic heterocycles. The molecule has 0 radical (unpaired) electrons. The first-order valence-corrected chi connectivity index (χ1v) is 5.75. The zero-order chi connectivity index (χ0) is 15.0. The number of carbonyl (C=O) groups excluding carboxylic acids is 1. The third-order valence-electron chi connectivity index (χ3n) is 3.17. The van der Waals surface area contributed by atoms with E-state index in [2.05, 4.69) is 5.32 Å². The molecule has 1 heterocycles. The van der Waals surface area contributed by atoms with Crippen molar-refractivity contribution in [2.75, 3.05) is 7.05 Å². The molecule has 2 N–H and O–H groups in total. The summed E-state index contributed by atoms with van der Waals surface area (Å²) in [6, 6.07) is 1.57. The number of halogens is 2. The number of carbonyl (C=O) groups is 2. The Labute approximate surface area is 113 Å². The number of hydrogen-bond acceptors (Lipinski definition) is 2. The fourth-order valence-electron chi connectivity index (χ4n) is 2.18. The van der Waals surface area contributed by atoms with E-state index >= 15 is 0 Å². The lowest BCUT2D eigenvalue weighted by molar-refractivity contribution is -0.133. The molecule has 20 heavy (non-hydrogen) atoms. The van der Waals surface area contributed by atoms with Crippen molar-refractivity contribution in [2.24, 2.45) is 0 Å². The van der Waals surface area contributed by atoms with Gasteiger partial charge in [-0.1, -0.05) is 6.07 Å².